The zero-order valence-corrected chi connectivity index (χ0v) is 16.8. The second kappa shape index (κ2) is 7.89. The number of hydrogen-bond donors (Lipinski definition) is 0. The summed E-state index contributed by atoms with van der Waals surface area (Å²) in [5, 5.41) is 0. The van der Waals surface area contributed by atoms with Crippen LogP contribution in [-0.2, 0) is 14.0 Å². The minimum absolute atomic E-state index is 0.318. The highest BCUT2D eigenvalue weighted by atomic mass is 16.7. The van der Waals surface area contributed by atoms with Crippen LogP contribution < -0.4 is 10.2 Å². The Morgan fingerprint density at radius 1 is 1.00 bits per heavy atom. The average molecular weight is 361 g/mol. The lowest BCUT2D eigenvalue weighted by atomic mass is 9.79. The molecule has 0 spiro atoms. The molecular weight excluding hydrogens is 329 g/mol. The summed E-state index contributed by atoms with van der Waals surface area (Å²) in [5.41, 5.74) is 0.388. The van der Waals surface area contributed by atoms with Crippen molar-refractivity contribution >= 4 is 12.6 Å². The van der Waals surface area contributed by atoms with Crippen molar-refractivity contribution in [2.75, 3.05) is 33.4 Å². The van der Waals surface area contributed by atoms with Crippen LogP contribution in [0.3, 0.4) is 0 Å². The van der Waals surface area contributed by atoms with Crippen molar-refractivity contribution in [1.82, 2.24) is 4.90 Å². The van der Waals surface area contributed by atoms with E-state index < -0.39 is 0 Å². The van der Waals surface area contributed by atoms with Gasteiger partial charge in [0.15, 0.2) is 0 Å². The van der Waals surface area contributed by atoms with Crippen LogP contribution in [0.25, 0.3) is 0 Å². The zero-order valence-electron chi connectivity index (χ0n) is 16.8. The van der Waals surface area contributed by atoms with E-state index in [9.17, 15) is 0 Å². The van der Waals surface area contributed by atoms with Crippen LogP contribution in [0.2, 0.25) is 0 Å². The van der Waals surface area contributed by atoms with Crippen LogP contribution in [0.1, 0.15) is 40.5 Å². The molecule has 1 aliphatic carbocycles. The van der Waals surface area contributed by atoms with E-state index in [0.29, 0.717) is 6.61 Å². The fourth-order valence-corrected chi connectivity index (χ4v) is 3.11. The molecule has 1 aromatic carbocycles. The van der Waals surface area contributed by atoms with Crippen LogP contribution in [0.5, 0.6) is 5.75 Å². The third-order valence-electron chi connectivity index (χ3n) is 5.70. The maximum atomic E-state index is 6.09. The fourth-order valence-electron chi connectivity index (χ4n) is 3.11. The van der Waals surface area contributed by atoms with E-state index in [1.165, 1.54) is 12.8 Å². The molecule has 2 fully saturated rings. The molecule has 2 aliphatic rings. The molecule has 1 aliphatic heterocycles. The lowest BCUT2D eigenvalue weighted by Gasteiger charge is -2.32. The number of ether oxygens (including phenoxy) is 2. The van der Waals surface area contributed by atoms with Crippen LogP contribution >= 0.6 is 0 Å². The van der Waals surface area contributed by atoms with Crippen molar-refractivity contribution in [1.29, 1.82) is 0 Å². The Bertz CT molecular complexity index is 570. The van der Waals surface area contributed by atoms with Gasteiger partial charge in [-0.25, -0.2) is 0 Å². The molecule has 0 radical (unpaired) electrons. The van der Waals surface area contributed by atoms with Crippen LogP contribution in [0.15, 0.2) is 24.3 Å². The van der Waals surface area contributed by atoms with E-state index in [1.807, 2.05) is 24.3 Å². The van der Waals surface area contributed by atoms with Crippen molar-refractivity contribution in [3.63, 3.8) is 0 Å². The molecule has 6 heteroatoms. The van der Waals surface area contributed by atoms with Gasteiger partial charge in [-0.05, 0) is 58.1 Å². The first-order chi connectivity index (χ1) is 12.3. The minimum atomic E-state index is -0.326. The Morgan fingerprint density at radius 3 is 2.12 bits per heavy atom. The third-order valence-corrected chi connectivity index (χ3v) is 5.70. The topological polar surface area (TPSA) is 40.2 Å². The van der Waals surface area contributed by atoms with Crippen molar-refractivity contribution in [2.45, 2.75) is 57.8 Å². The highest BCUT2D eigenvalue weighted by Gasteiger charge is 2.51. The summed E-state index contributed by atoms with van der Waals surface area (Å²) in [7, 11) is 1.43. The second-order valence-corrected chi connectivity index (χ2v) is 8.27. The molecule has 5 nitrogen and oxygen atoms in total. The molecule has 26 heavy (non-hydrogen) atoms. The first-order valence-electron chi connectivity index (χ1n) is 9.64. The summed E-state index contributed by atoms with van der Waals surface area (Å²) < 4.78 is 23.3. The van der Waals surface area contributed by atoms with Crippen molar-refractivity contribution < 1.29 is 18.8 Å². The standard InChI is InChI=1S/C20H32BNO4/c1-19(2)20(3,4)26-21(25-19)16-6-10-18(11-7-16)24-15-13-22(12-14-23-5)17-8-9-17/h6-7,10-11,17H,8-9,12-15H2,1-5H3. The maximum Gasteiger partial charge on any atom is 0.494 e. The summed E-state index contributed by atoms with van der Waals surface area (Å²) in [6.07, 6.45) is 2.60. The van der Waals surface area contributed by atoms with E-state index in [-0.39, 0.29) is 18.3 Å². The minimum Gasteiger partial charge on any atom is -0.492 e. The second-order valence-electron chi connectivity index (χ2n) is 8.27. The molecule has 1 aromatic rings. The van der Waals surface area contributed by atoms with Gasteiger partial charge in [-0.1, -0.05) is 12.1 Å². The van der Waals surface area contributed by atoms with Gasteiger partial charge in [0.2, 0.25) is 0 Å². The number of rotatable bonds is 9. The molecular formula is C20H32BNO4. The van der Waals surface area contributed by atoms with Crippen molar-refractivity contribution in [2.24, 2.45) is 0 Å². The first-order valence-corrected chi connectivity index (χ1v) is 9.64. The molecule has 144 valence electrons. The molecule has 0 aromatic heterocycles. The fraction of sp³-hybridized carbons (Fsp3) is 0.700. The molecule has 0 bridgehead atoms. The van der Waals surface area contributed by atoms with Crippen LogP contribution in [-0.4, -0.2) is 62.7 Å². The highest BCUT2D eigenvalue weighted by molar-refractivity contribution is 6.62. The van der Waals surface area contributed by atoms with E-state index in [2.05, 4.69) is 32.6 Å². The zero-order chi connectivity index (χ0) is 18.8. The predicted molar refractivity (Wildman–Crippen MR) is 104 cm³/mol. The molecule has 3 rings (SSSR count). The van der Waals surface area contributed by atoms with E-state index in [0.717, 1.165) is 37.0 Å². The SMILES string of the molecule is COCCN(CCOc1ccc(B2OC(C)(C)C(C)(C)O2)cc1)C1CC1. The van der Waals surface area contributed by atoms with E-state index in [4.69, 9.17) is 18.8 Å². The summed E-state index contributed by atoms with van der Waals surface area (Å²) in [4.78, 5) is 2.46. The number of benzene rings is 1. The number of hydrogen-bond acceptors (Lipinski definition) is 5. The molecule has 0 unspecified atom stereocenters. The van der Waals surface area contributed by atoms with Gasteiger partial charge >= 0.3 is 7.12 Å². The lowest BCUT2D eigenvalue weighted by Crippen LogP contribution is -2.41. The summed E-state index contributed by atoms with van der Waals surface area (Å²) >= 11 is 0. The lowest BCUT2D eigenvalue weighted by molar-refractivity contribution is 0.00578. The van der Waals surface area contributed by atoms with Gasteiger partial charge in [0, 0.05) is 26.2 Å². The highest BCUT2D eigenvalue weighted by Crippen LogP contribution is 2.36. The molecule has 0 N–H and O–H groups in total. The summed E-state index contributed by atoms with van der Waals surface area (Å²) in [5.74, 6) is 0.882. The van der Waals surface area contributed by atoms with E-state index >= 15 is 0 Å². The van der Waals surface area contributed by atoms with E-state index in [1.54, 1.807) is 7.11 Å². The normalized spacial score (nSPS) is 21.4. The maximum absolute atomic E-state index is 6.09. The monoisotopic (exact) mass is 361 g/mol. The molecule has 0 atom stereocenters. The Balaban J connectivity index is 1.49. The number of methoxy groups -OCH3 is 1. The van der Waals surface area contributed by atoms with Crippen LogP contribution in [0.4, 0.5) is 0 Å². The molecule has 1 saturated carbocycles. The Labute approximate surface area is 158 Å². The predicted octanol–water partition coefficient (Wildman–Crippen LogP) is 2.48. The Morgan fingerprint density at radius 2 is 1.58 bits per heavy atom. The van der Waals surface area contributed by atoms with Gasteiger partial charge in [-0.15, -0.1) is 0 Å². The van der Waals surface area contributed by atoms with Crippen molar-refractivity contribution in [3.8, 4) is 5.75 Å². The smallest absolute Gasteiger partial charge is 0.492 e. The third kappa shape index (κ3) is 4.60. The first kappa shape index (κ1) is 19.7. The molecule has 1 heterocycles. The van der Waals surface area contributed by atoms with Crippen molar-refractivity contribution in [3.05, 3.63) is 24.3 Å². The largest absolute Gasteiger partial charge is 0.494 e. The van der Waals surface area contributed by atoms with Gasteiger partial charge in [0.05, 0.1) is 17.8 Å². The van der Waals surface area contributed by atoms with Crippen LogP contribution in [0, 0.1) is 0 Å². The Kier molecular flexibility index (Phi) is 5.97. The van der Waals surface area contributed by atoms with Gasteiger partial charge in [-0.3, -0.25) is 4.90 Å². The molecule has 0 amide bonds. The summed E-state index contributed by atoms with van der Waals surface area (Å²) in [6, 6.07) is 8.77. The number of nitrogens with zero attached hydrogens (tertiary/aromatic N) is 1. The quantitative estimate of drug-likeness (QED) is 0.632. The van der Waals surface area contributed by atoms with Gasteiger partial charge < -0.3 is 18.8 Å². The van der Waals surface area contributed by atoms with Gasteiger partial charge in [0.25, 0.3) is 0 Å². The average Bonchev–Trinajstić information content (AvgIpc) is 3.39. The Hall–Kier alpha value is -1.08. The molecule has 1 saturated heterocycles. The van der Waals surface area contributed by atoms with Gasteiger partial charge in [-0.2, -0.15) is 0 Å². The summed E-state index contributed by atoms with van der Waals surface area (Å²) in [6.45, 7) is 11.7. The van der Waals surface area contributed by atoms with Gasteiger partial charge in [0.1, 0.15) is 12.4 Å².